The fraction of sp³-hybridized carbons (Fsp3) is 0.556. The number of hydrogen-bond acceptors (Lipinski definition) is 3. The van der Waals surface area contributed by atoms with Crippen LogP contribution in [0.3, 0.4) is 0 Å². The monoisotopic (exact) mass is 300 g/mol. The van der Waals surface area contributed by atoms with E-state index >= 15 is 0 Å². The molecule has 1 aliphatic heterocycles. The second-order valence-corrected chi connectivity index (χ2v) is 7.14. The van der Waals surface area contributed by atoms with Crippen LogP contribution in [0.4, 0.5) is 0 Å². The zero-order chi connectivity index (χ0) is 15.5. The van der Waals surface area contributed by atoms with E-state index in [1.807, 2.05) is 7.11 Å². The molecule has 1 unspecified atom stereocenters. The molecule has 1 fully saturated rings. The molecule has 1 saturated heterocycles. The molecule has 2 heterocycles. The number of nitrogens with one attached hydrogen (secondary N) is 1. The van der Waals surface area contributed by atoms with Crippen LogP contribution in [-0.2, 0) is 23.8 Å². The van der Waals surface area contributed by atoms with E-state index in [1.54, 1.807) is 0 Å². The van der Waals surface area contributed by atoms with Gasteiger partial charge in [-0.3, -0.25) is 0 Å². The molecule has 4 nitrogen and oxygen atoms in total. The number of aryl methyl sites for hydroxylation is 1. The third-order valence-corrected chi connectivity index (χ3v) is 5.93. The first-order valence-corrected chi connectivity index (χ1v) is 8.03. The molecule has 0 bridgehead atoms. The van der Waals surface area contributed by atoms with E-state index in [4.69, 9.17) is 4.74 Å². The molecule has 0 amide bonds. The molecular formula is C18H24N2O2. The Labute approximate surface area is 131 Å². The summed E-state index contributed by atoms with van der Waals surface area (Å²) in [6.45, 7) is 3.31. The van der Waals surface area contributed by atoms with Crippen molar-refractivity contribution in [1.82, 2.24) is 9.88 Å². The molecule has 4 heteroatoms. The van der Waals surface area contributed by atoms with Gasteiger partial charge in [0, 0.05) is 44.4 Å². The molecule has 22 heavy (non-hydrogen) atoms. The molecule has 0 spiro atoms. The van der Waals surface area contributed by atoms with E-state index in [0.717, 1.165) is 19.4 Å². The lowest BCUT2D eigenvalue weighted by atomic mass is 9.62. The number of benzene rings is 1. The van der Waals surface area contributed by atoms with Gasteiger partial charge in [0.15, 0.2) is 0 Å². The van der Waals surface area contributed by atoms with Crippen molar-refractivity contribution >= 4 is 10.9 Å². The summed E-state index contributed by atoms with van der Waals surface area (Å²) in [4.78, 5) is 0. The predicted octanol–water partition coefficient (Wildman–Crippen LogP) is 1.94. The summed E-state index contributed by atoms with van der Waals surface area (Å²) >= 11 is 0. The standard InChI is InChI=1S/C18H24N2O2/c1-17-8-13-10-20(2)15-6-4-5-14(16(13)15)18(17,22-3)7-12(11-21)9-19-17/h4-6,10,12,19,21H,7-9,11H2,1-3H3/t12?,17-,18+/m1/s1. The first-order valence-electron chi connectivity index (χ1n) is 8.03. The fourth-order valence-corrected chi connectivity index (χ4v) is 4.77. The highest BCUT2D eigenvalue weighted by atomic mass is 16.5. The molecule has 4 rings (SSSR count). The number of fused-ring (bicyclic) bond motifs is 2. The number of methoxy groups -OCH3 is 1. The zero-order valence-corrected chi connectivity index (χ0v) is 13.5. The Morgan fingerprint density at radius 2 is 2.27 bits per heavy atom. The van der Waals surface area contributed by atoms with Crippen LogP contribution in [0, 0.1) is 5.92 Å². The van der Waals surface area contributed by atoms with Gasteiger partial charge >= 0.3 is 0 Å². The number of aromatic nitrogens is 1. The van der Waals surface area contributed by atoms with Crippen molar-refractivity contribution < 1.29 is 9.84 Å². The Morgan fingerprint density at radius 3 is 3.00 bits per heavy atom. The number of nitrogens with zero attached hydrogens (tertiary/aromatic N) is 1. The van der Waals surface area contributed by atoms with Crippen molar-refractivity contribution in [3.8, 4) is 0 Å². The van der Waals surface area contributed by atoms with Gasteiger partial charge in [-0.25, -0.2) is 0 Å². The highest BCUT2D eigenvalue weighted by molar-refractivity contribution is 5.89. The van der Waals surface area contributed by atoms with Crippen LogP contribution in [0.2, 0.25) is 0 Å². The van der Waals surface area contributed by atoms with E-state index < -0.39 is 0 Å². The van der Waals surface area contributed by atoms with Crippen molar-refractivity contribution in [1.29, 1.82) is 0 Å². The SMILES string of the molecule is CO[C@]12CC(CO)CN[C@]1(C)Cc1cn(C)c3cccc2c13. The van der Waals surface area contributed by atoms with Gasteiger partial charge in [-0.2, -0.15) is 0 Å². The second-order valence-electron chi connectivity index (χ2n) is 7.14. The maximum atomic E-state index is 9.67. The topological polar surface area (TPSA) is 46.4 Å². The number of piperidine rings is 1. The van der Waals surface area contributed by atoms with Gasteiger partial charge < -0.3 is 19.7 Å². The minimum absolute atomic E-state index is 0.143. The number of rotatable bonds is 2. The summed E-state index contributed by atoms with van der Waals surface area (Å²) in [7, 11) is 3.92. The first-order chi connectivity index (χ1) is 10.5. The smallest absolute Gasteiger partial charge is 0.112 e. The summed E-state index contributed by atoms with van der Waals surface area (Å²) < 4.78 is 8.40. The molecular weight excluding hydrogens is 276 g/mol. The minimum Gasteiger partial charge on any atom is -0.396 e. The summed E-state index contributed by atoms with van der Waals surface area (Å²) in [5, 5.41) is 14.7. The molecule has 0 saturated carbocycles. The van der Waals surface area contributed by atoms with E-state index in [-0.39, 0.29) is 23.7 Å². The van der Waals surface area contributed by atoms with Crippen molar-refractivity contribution in [2.45, 2.75) is 30.9 Å². The van der Waals surface area contributed by atoms with Gasteiger partial charge in [0.25, 0.3) is 0 Å². The summed E-state index contributed by atoms with van der Waals surface area (Å²) in [5.74, 6) is 0.230. The van der Waals surface area contributed by atoms with E-state index in [1.165, 1.54) is 22.0 Å². The third kappa shape index (κ3) is 1.58. The molecule has 2 aliphatic rings. The highest BCUT2D eigenvalue weighted by Crippen LogP contribution is 2.52. The maximum Gasteiger partial charge on any atom is 0.112 e. The lowest BCUT2D eigenvalue weighted by Crippen LogP contribution is -2.67. The van der Waals surface area contributed by atoms with Crippen molar-refractivity contribution in [2.75, 3.05) is 20.3 Å². The zero-order valence-electron chi connectivity index (χ0n) is 13.5. The summed E-state index contributed by atoms with van der Waals surface area (Å²) in [6, 6.07) is 6.50. The molecule has 2 N–H and O–H groups in total. The number of aliphatic hydroxyl groups excluding tert-OH is 1. The normalized spacial score (nSPS) is 33.9. The Balaban J connectivity index is 2.02. The average Bonchev–Trinajstić information content (AvgIpc) is 2.84. The molecule has 2 aromatic rings. The van der Waals surface area contributed by atoms with E-state index in [2.05, 4.69) is 48.3 Å². The van der Waals surface area contributed by atoms with Gasteiger partial charge in [0.2, 0.25) is 0 Å². The third-order valence-electron chi connectivity index (χ3n) is 5.93. The van der Waals surface area contributed by atoms with Gasteiger partial charge in [-0.1, -0.05) is 12.1 Å². The Hall–Kier alpha value is -1.36. The molecule has 1 aromatic carbocycles. The van der Waals surface area contributed by atoms with Gasteiger partial charge in [-0.05, 0) is 42.9 Å². The number of aliphatic hydroxyl groups is 1. The molecule has 118 valence electrons. The van der Waals surface area contributed by atoms with Crippen molar-refractivity contribution in [2.24, 2.45) is 13.0 Å². The van der Waals surface area contributed by atoms with Gasteiger partial charge in [0.1, 0.15) is 5.60 Å². The first kappa shape index (κ1) is 14.2. The molecule has 1 aromatic heterocycles. The van der Waals surface area contributed by atoms with Crippen LogP contribution < -0.4 is 5.32 Å². The Bertz CT molecular complexity index is 738. The van der Waals surface area contributed by atoms with Crippen LogP contribution in [0.15, 0.2) is 24.4 Å². The second kappa shape index (κ2) is 4.57. The van der Waals surface area contributed by atoms with E-state index in [9.17, 15) is 5.11 Å². The van der Waals surface area contributed by atoms with Crippen LogP contribution in [0.1, 0.15) is 24.5 Å². The minimum atomic E-state index is -0.382. The van der Waals surface area contributed by atoms with Crippen molar-refractivity contribution in [3.63, 3.8) is 0 Å². The quantitative estimate of drug-likeness (QED) is 0.891. The molecule has 3 atom stereocenters. The van der Waals surface area contributed by atoms with Gasteiger partial charge in [0.05, 0.1) is 5.54 Å². The molecule has 1 aliphatic carbocycles. The molecule has 0 radical (unpaired) electrons. The number of ether oxygens (including phenoxy) is 1. The Kier molecular flexibility index (Phi) is 2.96. The highest BCUT2D eigenvalue weighted by Gasteiger charge is 2.56. The maximum absolute atomic E-state index is 9.67. The van der Waals surface area contributed by atoms with Crippen LogP contribution >= 0.6 is 0 Å². The van der Waals surface area contributed by atoms with Crippen molar-refractivity contribution in [3.05, 3.63) is 35.5 Å². The predicted molar refractivity (Wildman–Crippen MR) is 86.9 cm³/mol. The van der Waals surface area contributed by atoms with Gasteiger partial charge in [-0.15, -0.1) is 0 Å². The van der Waals surface area contributed by atoms with E-state index in [0.29, 0.717) is 0 Å². The lowest BCUT2D eigenvalue weighted by Gasteiger charge is -2.56. The largest absolute Gasteiger partial charge is 0.396 e. The lowest BCUT2D eigenvalue weighted by molar-refractivity contribution is -0.127. The Morgan fingerprint density at radius 1 is 1.45 bits per heavy atom. The average molecular weight is 300 g/mol. The van der Waals surface area contributed by atoms with Crippen LogP contribution in [0.5, 0.6) is 0 Å². The number of hydrogen-bond donors (Lipinski definition) is 2. The summed E-state index contributed by atoms with van der Waals surface area (Å²) in [6.07, 6.45) is 4.06. The van der Waals surface area contributed by atoms with Crippen LogP contribution in [0.25, 0.3) is 10.9 Å². The fourth-order valence-electron chi connectivity index (χ4n) is 4.77. The summed E-state index contributed by atoms with van der Waals surface area (Å²) in [5.41, 5.74) is 3.39. The van der Waals surface area contributed by atoms with Crippen LogP contribution in [-0.4, -0.2) is 35.5 Å².